The zero-order chi connectivity index (χ0) is 16.0. The summed E-state index contributed by atoms with van der Waals surface area (Å²) in [4.78, 5) is 0. The minimum Gasteiger partial charge on any atom is -0.227 e. The summed E-state index contributed by atoms with van der Waals surface area (Å²) in [5, 5.41) is 13.9. The van der Waals surface area contributed by atoms with Gasteiger partial charge in [-0.15, -0.1) is 0 Å². The highest BCUT2D eigenvalue weighted by molar-refractivity contribution is 5.17. The van der Waals surface area contributed by atoms with Crippen LogP contribution in [0.25, 0.3) is 0 Å². The Balaban J connectivity index is 2.17. The van der Waals surface area contributed by atoms with Gasteiger partial charge in [0.2, 0.25) is 6.29 Å². The van der Waals surface area contributed by atoms with Crippen molar-refractivity contribution >= 4 is 0 Å². The second-order valence-electron chi connectivity index (χ2n) is 5.98. The smallest absolute Gasteiger partial charge is 0.227 e. The molecule has 0 aliphatic rings. The van der Waals surface area contributed by atoms with Gasteiger partial charge in [0.1, 0.15) is 0 Å². The van der Waals surface area contributed by atoms with Crippen LogP contribution in [0.15, 0.2) is 18.6 Å². The molecule has 0 radical (unpaired) electrons. The highest BCUT2D eigenvalue weighted by Gasteiger charge is 2.20. The van der Waals surface area contributed by atoms with Crippen molar-refractivity contribution in [2.75, 3.05) is 0 Å². The van der Waals surface area contributed by atoms with Gasteiger partial charge in [0.15, 0.2) is 0 Å². The molecule has 0 saturated carbocycles. The molecule has 0 amide bonds. The quantitative estimate of drug-likeness (QED) is 0.747. The normalized spacial score (nSPS) is 11.6. The first-order valence-corrected chi connectivity index (χ1v) is 7.44. The van der Waals surface area contributed by atoms with E-state index in [0.29, 0.717) is 0 Å². The Morgan fingerprint density at radius 2 is 0.864 bits per heavy atom. The molecule has 0 aliphatic heterocycles. The molecule has 0 fully saturated rings. The maximum Gasteiger partial charge on any atom is 0.238 e. The lowest BCUT2D eigenvalue weighted by molar-refractivity contribution is 0.282. The highest BCUT2D eigenvalue weighted by atomic mass is 15.6. The van der Waals surface area contributed by atoms with Gasteiger partial charge in [0, 0.05) is 18.6 Å². The van der Waals surface area contributed by atoms with E-state index in [0.717, 1.165) is 33.8 Å². The minimum atomic E-state index is -0.229. The standard InChI is InChI=1S/C16H22N6/c1-10-7-20(17-13(10)4)16(21-8-11(2)14(5)18-21)22-9-12(3)15(6)19-22/h7-9,16H,1-6H3. The number of hydrogen-bond donors (Lipinski definition) is 0. The van der Waals surface area contributed by atoms with E-state index in [-0.39, 0.29) is 6.29 Å². The second-order valence-corrected chi connectivity index (χ2v) is 5.98. The lowest BCUT2D eigenvalue weighted by Gasteiger charge is -2.18. The van der Waals surface area contributed by atoms with Gasteiger partial charge >= 0.3 is 0 Å². The van der Waals surface area contributed by atoms with E-state index in [9.17, 15) is 0 Å². The molecule has 0 atom stereocenters. The lowest BCUT2D eigenvalue weighted by Crippen LogP contribution is -2.27. The van der Waals surface area contributed by atoms with E-state index in [2.05, 4.69) is 36.1 Å². The number of aryl methyl sites for hydroxylation is 6. The SMILES string of the molecule is Cc1cn(C(n2cc(C)c(C)n2)n2cc(C)c(C)n2)nc1C. The average Bonchev–Trinajstić information content (AvgIpc) is 3.04. The summed E-state index contributed by atoms with van der Waals surface area (Å²) < 4.78 is 5.76. The van der Waals surface area contributed by atoms with Crippen LogP contribution in [0.2, 0.25) is 0 Å². The third-order valence-electron chi connectivity index (χ3n) is 4.20. The molecule has 3 aromatic heterocycles. The van der Waals surface area contributed by atoms with Gasteiger partial charge in [-0.3, -0.25) is 0 Å². The Labute approximate surface area is 130 Å². The Bertz CT molecular complexity index is 651. The van der Waals surface area contributed by atoms with Gasteiger partial charge in [0.05, 0.1) is 17.1 Å². The van der Waals surface area contributed by atoms with Gasteiger partial charge < -0.3 is 0 Å². The van der Waals surface area contributed by atoms with Crippen molar-refractivity contribution < 1.29 is 0 Å². The van der Waals surface area contributed by atoms with E-state index >= 15 is 0 Å². The van der Waals surface area contributed by atoms with Crippen molar-refractivity contribution in [1.29, 1.82) is 0 Å². The monoisotopic (exact) mass is 298 g/mol. The average molecular weight is 298 g/mol. The number of rotatable bonds is 3. The first-order chi connectivity index (χ1) is 10.4. The Kier molecular flexibility index (Phi) is 3.39. The summed E-state index contributed by atoms with van der Waals surface area (Å²) in [6, 6.07) is 0. The van der Waals surface area contributed by atoms with Gasteiger partial charge in [-0.2, -0.15) is 15.3 Å². The lowest BCUT2D eigenvalue weighted by atomic mass is 10.3. The summed E-state index contributed by atoms with van der Waals surface area (Å²) in [5.41, 5.74) is 6.53. The molecule has 0 bridgehead atoms. The molecule has 0 unspecified atom stereocenters. The number of hydrogen-bond acceptors (Lipinski definition) is 3. The van der Waals surface area contributed by atoms with Crippen LogP contribution in [0.1, 0.15) is 40.1 Å². The van der Waals surface area contributed by atoms with Gasteiger partial charge in [-0.1, -0.05) is 0 Å². The fraction of sp³-hybridized carbons (Fsp3) is 0.438. The molecule has 0 aromatic carbocycles. The molecular weight excluding hydrogens is 276 g/mol. The number of aromatic nitrogens is 6. The van der Waals surface area contributed by atoms with Crippen molar-refractivity contribution in [2.24, 2.45) is 0 Å². The molecule has 3 rings (SSSR count). The maximum absolute atomic E-state index is 4.64. The van der Waals surface area contributed by atoms with Crippen molar-refractivity contribution in [2.45, 2.75) is 47.8 Å². The van der Waals surface area contributed by atoms with Crippen molar-refractivity contribution in [1.82, 2.24) is 29.3 Å². The summed E-state index contributed by atoms with van der Waals surface area (Å²) >= 11 is 0. The first-order valence-electron chi connectivity index (χ1n) is 7.44. The molecular formula is C16H22N6. The third-order valence-corrected chi connectivity index (χ3v) is 4.20. The van der Waals surface area contributed by atoms with Gasteiger partial charge in [-0.25, -0.2) is 14.0 Å². The van der Waals surface area contributed by atoms with Crippen LogP contribution in [0, 0.1) is 41.5 Å². The Hall–Kier alpha value is -2.37. The summed E-state index contributed by atoms with van der Waals surface area (Å²) in [6.45, 7) is 12.2. The fourth-order valence-electron chi connectivity index (χ4n) is 2.44. The highest BCUT2D eigenvalue weighted by Crippen LogP contribution is 2.18. The second kappa shape index (κ2) is 5.12. The van der Waals surface area contributed by atoms with E-state index in [1.54, 1.807) is 0 Å². The summed E-state index contributed by atoms with van der Waals surface area (Å²) in [5.74, 6) is 0. The van der Waals surface area contributed by atoms with Crippen molar-refractivity contribution in [3.05, 3.63) is 52.4 Å². The maximum atomic E-state index is 4.64. The van der Waals surface area contributed by atoms with Crippen LogP contribution in [0.3, 0.4) is 0 Å². The van der Waals surface area contributed by atoms with Crippen LogP contribution in [0.5, 0.6) is 0 Å². The first kappa shape index (κ1) is 14.6. The van der Waals surface area contributed by atoms with Crippen molar-refractivity contribution in [3.8, 4) is 0 Å². The minimum absolute atomic E-state index is 0.229. The largest absolute Gasteiger partial charge is 0.238 e. The number of nitrogens with zero attached hydrogens (tertiary/aromatic N) is 6. The molecule has 0 spiro atoms. The molecule has 116 valence electrons. The van der Waals surface area contributed by atoms with E-state index < -0.39 is 0 Å². The third kappa shape index (κ3) is 2.34. The van der Waals surface area contributed by atoms with Crippen LogP contribution in [-0.4, -0.2) is 29.3 Å². The van der Waals surface area contributed by atoms with Gasteiger partial charge in [-0.05, 0) is 58.2 Å². The van der Waals surface area contributed by atoms with Crippen LogP contribution < -0.4 is 0 Å². The Morgan fingerprint density at radius 1 is 0.591 bits per heavy atom. The van der Waals surface area contributed by atoms with E-state index in [4.69, 9.17) is 0 Å². The molecule has 0 aliphatic carbocycles. The topological polar surface area (TPSA) is 53.5 Å². The van der Waals surface area contributed by atoms with E-state index in [1.807, 2.05) is 53.4 Å². The van der Waals surface area contributed by atoms with Crippen LogP contribution >= 0.6 is 0 Å². The molecule has 22 heavy (non-hydrogen) atoms. The molecule has 0 N–H and O–H groups in total. The van der Waals surface area contributed by atoms with Crippen LogP contribution in [0.4, 0.5) is 0 Å². The van der Waals surface area contributed by atoms with E-state index in [1.165, 1.54) is 0 Å². The zero-order valence-electron chi connectivity index (χ0n) is 14.0. The summed E-state index contributed by atoms with van der Waals surface area (Å²) in [7, 11) is 0. The van der Waals surface area contributed by atoms with Crippen molar-refractivity contribution in [3.63, 3.8) is 0 Å². The Morgan fingerprint density at radius 3 is 1.05 bits per heavy atom. The van der Waals surface area contributed by atoms with Crippen LogP contribution in [-0.2, 0) is 0 Å². The molecule has 0 saturated heterocycles. The molecule has 3 aromatic rings. The molecule has 3 heterocycles. The fourth-order valence-corrected chi connectivity index (χ4v) is 2.44. The predicted octanol–water partition coefficient (Wildman–Crippen LogP) is 2.68. The predicted molar refractivity (Wildman–Crippen MR) is 84.9 cm³/mol. The molecule has 6 heteroatoms. The molecule has 6 nitrogen and oxygen atoms in total. The zero-order valence-corrected chi connectivity index (χ0v) is 14.0. The summed E-state index contributed by atoms with van der Waals surface area (Å²) in [6.07, 6.45) is 5.89. The van der Waals surface area contributed by atoms with Gasteiger partial charge in [0.25, 0.3) is 0 Å².